The fourth-order valence-electron chi connectivity index (χ4n) is 2.27. The Labute approximate surface area is 167 Å². The van der Waals surface area contributed by atoms with Crippen molar-refractivity contribution in [2.24, 2.45) is 0 Å². The molecule has 3 rings (SSSR count). The minimum Gasteiger partial charge on any atom is -0.493 e. The Balaban J connectivity index is 1.83. The first-order valence-electron chi connectivity index (χ1n) is 7.46. The number of thioether (sulfide) groups is 1. The zero-order valence-corrected chi connectivity index (χ0v) is 16.7. The van der Waals surface area contributed by atoms with Gasteiger partial charge in [-0.2, -0.15) is 0 Å². The number of imide groups is 1. The van der Waals surface area contributed by atoms with E-state index in [0.717, 1.165) is 17.3 Å². The fourth-order valence-corrected chi connectivity index (χ4v) is 3.65. The topological polar surface area (TPSA) is 64.6 Å². The predicted molar refractivity (Wildman–Crippen MR) is 106 cm³/mol. The highest BCUT2D eigenvalue weighted by Crippen LogP contribution is 2.38. The molecule has 8 heteroatoms. The summed E-state index contributed by atoms with van der Waals surface area (Å²) >= 11 is 10.2. The number of benzene rings is 2. The maximum Gasteiger partial charge on any atom is 0.290 e. The van der Waals surface area contributed by atoms with Gasteiger partial charge in [-0.25, -0.2) is 0 Å². The number of methoxy groups -OCH3 is 1. The van der Waals surface area contributed by atoms with Crippen LogP contribution in [0.3, 0.4) is 0 Å². The smallest absolute Gasteiger partial charge is 0.290 e. The molecular formula is C18H13BrClNO4S. The highest BCUT2D eigenvalue weighted by molar-refractivity contribution is 9.10. The number of carbonyl (C=O) groups is 2. The number of halogens is 2. The van der Waals surface area contributed by atoms with Gasteiger partial charge in [0.2, 0.25) is 0 Å². The molecule has 0 saturated carbocycles. The van der Waals surface area contributed by atoms with E-state index in [2.05, 4.69) is 21.2 Å². The number of nitrogens with one attached hydrogen (secondary N) is 1. The summed E-state index contributed by atoms with van der Waals surface area (Å²) in [5.74, 6) is 0.650. The van der Waals surface area contributed by atoms with Gasteiger partial charge in [-0.15, -0.1) is 0 Å². The molecule has 5 nitrogen and oxygen atoms in total. The Morgan fingerprint density at radius 2 is 1.96 bits per heavy atom. The lowest BCUT2D eigenvalue weighted by Gasteiger charge is -2.14. The Morgan fingerprint density at radius 1 is 1.23 bits per heavy atom. The number of hydrogen-bond donors (Lipinski definition) is 1. The average molecular weight is 455 g/mol. The maximum absolute atomic E-state index is 11.7. The molecule has 0 bridgehead atoms. The minimum absolute atomic E-state index is 0.332. The Kier molecular flexibility index (Phi) is 5.90. The number of carbonyl (C=O) groups excluding carboxylic acids is 2. The molecule has 0 spiro atoms. The van der Waals surface area contributed by atoms with E-state index < -0.39 is 5.91 Å². The van der Waals surface area contributed by atoms with E-state index >= 15 is 0 Å². The number of hydrogen-bond acceptors (Lipinski definition) is 5. The third kappa shape index (κ3) is 4.41. The van der Waals surface area contributed by atoms with Crippen molar-refractivity contribution >= 4 is 56.5 Å². The average Bonchev–Trinajstić information content (AvgIpc) is 2.92. The van der Waals surface area contributed by atoms with Gasteiger partial charge < -0.3 is 9.47 Å². The third-order valence-electron chi connectivity index (χ3n) is 3.49. The van der Waals surface area contributed by atoms with E-state index in [1.54, 1.807) is 30.3 Å². The van der Waals surface area contributed by atoms with E-state index in [-0.39, 0.29) is 5.24 Å². The van der Waals surface area contributed by atoms with Crippen LogP contribution < -0.4 is 14.8 Å². The summed E-state index contributed by atoms with van der Waals surface area (Å²) < 4.78 is 12.0. The molecule has 1 heterocycles. The van der Waals surface area contributed by atoms with Crippen molar-refractivity contribution < 1.29 is 19.1 Å². The molecule has 0 unspecified atom stereocenters. The number of amides is 2. The molecule has 0 aromatic heterocycles. The van der Waals surface area contributed by atoms with Gasteiger partial charge >= 0.3 is 0 Å². The molecule has 1 N–H and O–H groups in total. The summed E-state index contributed by atoms with van der Waals surface area (Å²) in [5, 5.41) is 2.51. The zero-order valence-electron chi connectivity index (χ0n) is 13.5. The van der Waals surface area contributed by atoms with Gasteiger partial charge in [0.05, 0.1) is 16.5 Å². The van der Waals surface area contributed by atoms with Gasteiger partial charge in [0.1, 0.15) is 6.61 Å². The van der Waals surface area contributed by atoms with Crippen molar-refractivity contribution in [3.05, 3.63) is 61.9 Å². The van der Waals surface area contributed by atoms with Crippen molar-refractivity contribution in [2.45, 2.75) is 6.61 Å². The van der Waals surface area contributed by atoms with E-state index in [9.17, 15) is 9.59 Å². The van der Waals surface area contributed by atoms with Gasteiger partial charge in [-0.1, -0.05) is 23.7 Å². The third-order valence-corrected chi connectivity index (χ3v) is 5.14. The lowest BCUT2D eigenvalue weighted by molar-refractivity contribution is -0.115. The largest absolute Gasteiger partial charge is 0.493 e. The van der Waals surface area contributed by atoms with Crippen molar-refractivity contribution in [3.63, 3.8) is 0 Å². The fraction of sp³-hybridized carbons (Fsp3) is 0.111. The monoisotopic (exact) mass is 453 g/mol. The lowest BCUT2D eigenvalue weighted by Crippen LogP contribution is -2.17. The molecule has 0 radical (unpaired) electrons. The van der Waals surface area contributed by atoms with Crippen LogP contribution in [0.1, 0.15) is 11.1 Å². The summed E-state index contributed by atoms with van der Waals surface area (Å²) in [6.07, 6.45) is 1.63. The summed E-state index contributed by atoms with van der Waals surface area (Å²) in [6, 6.07) is 10.9. The first-order valence-corrected chi connectivity index (χ1v) is 9.44. The standard InChI is InChI=1S/C18H13BrClNO4S/c1-24-14-7-11(8-15-17(22)21-18(23)26-15)6-13(19)16(14)25-9-10-2-4-12(20)5-3-10/h2-8H,9H2,1H3,(H,21,22,23)/b15-8-. The summed E-state index contributed by atoms with van der Waals surface area (Å²) in [6.45, 7) is 0.347. The van der Waals surface area contributed by atoms with E-state index in [0.29, 0.717) is 38.1 Å². The van der Waals surface area contributed by atoms with E-state index in [1.807, 2.05) is 12.1 Å². The van der Waals surface area contributed by atoms with Crippen LogP contribution in [0.25, 0.3) is 6.08 Å². The van der Waals surface area contributed by atoms with Gasteiger partial charge in [0.25, 0.3) is 11.1 Å². The molecule has 1 fully saturated rings. The SMILES string of the molecule is COc1cc(/C=C2\SC(=O)NC2=O)cc(Br)c1OCc1ccc(Cl)cc1. The molecule has 26 heavy (non-hydrogen) atoms. The molecule has 0 atom stereocenters. The molecule has 134 valence electrons. The molecule has 2 aromatic carbocycles. The molecular weight excluding hydrogens is 442 g/mol. The zero-order chi connectivity index (χ0) is 18.7. The van der Waals surface area contributed by atoms with Crippen LogP contribution in [0.4, 0.5) is 4.79 Å². The molecule has 1 saturated heterocycles. The van der Waals surface area contributed by atoms with Crippen molar-refractivity contribution in [1.29, 1.82) is 0 Å². The second-order valence-electron chi connectivity index (χ2n) is 5.30. The molecule has 2 amide bonds. The number of ether oxygens (including phenoxy) is 2. The van der Waals surface area contributed by atoms with Crippen molar-refractivity contribution in [1.82, 2.24) is 5.32 Å². The molecule has 1 aliphatic heterocycles. The highest BCUT2D eigenvalue weighted by atomic mass is 79.9. The van der Waals surface area contributed by atoms with Crippen LogP contribution in [0, 0.1) is 0 Å². The quantitative estimate of drug-likeness (QED) is 0.643. The van der Waals surface area contributed by atoms with Gasteiger partial charge in [-0.05, 0) is 69.2 Å². The predicted octanol–water partition coefficient (Wildman–Crippen LogP) is 5.01. The van der Waals surface area contributed by atoms with Crippen molar-refractivity contribution in [2.75, 3.05) is 7.11 Å². The van der Waals surface area contributed by atoms with E-state index in [4.69, 9.17) is 21.1 Å². The van der Waals surface area contributed by atoms with Crippen LogP contribution in [-0.4, -0.2) is 18.3 Å². The maximum atomic E-state index is 11.7. The van der Waals surface area contributed by atoms with Crippen molar-refractivity contribution in [3.8, 4) is 11.5 Å². The van der Waals surface area contributed by atoms with Crippen LogP contribution in [0.5, 0.6) is 11.5 Å². The first kappa shape index (κ1) is 18.8. The van der Waals surface area contributed by atoms with Gasteiger partial charge in [0, 0.05) is 5.02 Å². The number of rotatable bonds is 5. The minimum atomic E-state index is -0.404. The second kappa shape index (κ2) is 8.16. The van der Waals surface area contributed by atoms with Gasteiger partial charge in [0.15, 0.2) is 11.5 Å². The van der Waals surface area contributed by atoms with Crippen LogP contribution in [-0.2, 0) is 11.4 Å². The molecule has 2 aromatic rings. The summed E-state index contributed by atoms with van der Waals surface area (Å²) in [5.41, 5.74) is 1.67. The Hall–Kier alpha value is -1.96. The molecule has 1 aliphatic rings. The first-order chi connectivity index (χ1) is 12.5. The molecule has 0 aliphatic carbocycles. The summed E-state index contributed by atoms with van der Waals surface area (Å²) in [7, 11) is 1.54. The second-order valence-corrected chi connectivity index (χ2v) is 7.61. The van der Waals surface area contributed by atoms with Gasteiger partial charge in [-0.3, -0.25) is 14.9 Å². The Bertz CT molecular complexity index is 899. The van der Waals surface area contributed by atoms with Crippen LogP contribution >= 0.6 is 39.3 Å². The van der Waals surface area contributed by atoms with Crippen LogP contribution in [0.2, 0.25) is 5.02 Å². The lowest BCUT2D eigenvalue weighted by atomic mass is 10.2. The van der Waals surface area contributed by atoms with E-state index in [1.165, 1.54) is 7.11 Å². The Morgan fingerprint density at radius 3 is 2.58 bits per heavy atom. The normalized spacial score (nSPS) is 15.3. The van der Waals surface area contributed by atoms with Crippen LogP contribution in [0.15, 0.2) is 45.8 Å². The summed E-state index contributed by atoms with van der Waals surface area (Å²) in [4.78, 5) is 23.3. The highest BCUT2D eigenvalue weighted by Gasteiger charge is 2.25.